The second-order valence-corrected chi connectivity index (χ2v) is 5.59. The normalized spacial score (nSPS) is 10.5. The van der Waals surface area contributed by atoms with E-state index in [0.29, 0.717) is 10.6 Å². The average Bonchev–Trinajstić information content (AvgIpc) is 1.86. The summed E-state index contributed by atoms with van der Waals surface area (Å²) in [5.41, 5.74) is 0. The van der Waals surface area contributed by atoms with Gasteiger partial charge >= 0.3 is 75.7 Å². The van der Waals surface area contributed by atoms with Gasteiger partial charge in [-0.3, -0.25) is 0 Å². The molecule has 1 nitrogen and oxygen atoms in total. The SMILES string of the molecule is CCCC[Se]C(=O)CC(C)C. The summed E-state index contributed by atoms with van der Waals surface area (Å²) in [5, 5.41) is 1.15. The van der Waals surface area contributed by atoms with Crippen LogP contribution in [0.2, 0.25) is 5.32 Å². The molecule has 0 spiro atoms. The molecule has 0 aromatic carbocycles. The number of hydrogen-bond donors (Lipinski definition) is 0. The van der Waals surface area contributed by atoms with E-state index in [1.807, 2.05) is 0 Å². The quantitative estimate of drug-likeness (QED) is 0.497. The summed E-state index contributed by atoms with van der Waals surface area (Å²) >= 11 is 0.278. The zero-order valence-electron chi connectivity index (χ0n) is 7.72. The Labute approximate surface area is 76.1 Å². The van der Waals surface area contributed by atoms with Crippen LogP contribution >= 0.6 is 0 Å². The second-order valence-electron chi connectivity index (χ2n) is 3.17. The fourth-order valence-electron chi connectivity index (χ4n) is 0.723. The fraction of sp³-hybridized carbons (Fsp3) is 0.889. The predicted molar refractivity (Wildman–Crippen MR) is 49.9 cm³/mol. The van der Waals surface area contributed by atoms with E-state index < -0.39 is 0 Å². The Kier molecular flexibility index (Phi) is 6.99. The van der Waals surface area contributed by atoms with E-state index >= 15 is 0 Å². The minimum absolute atomic E-state index is 0.278. The molecule has 0 radical (unpaired) electrons. The molecule has 66 valence electrons. The van der Waals surface area contributed by atoms with E-state index in [-0.39, 0.29) is 15.0 Å². The average molecular weight is 221 g/mol. The van der Waals surface area contributed by atoms with Gasteiger partial charge in [-0.25, -0.2) is 0 Å². The molecule has 2 heteroatoms. The van der Waals surface area contributed by atoms with Gasteiger partial charge in [-0.05, 0) is 0 Å². The Morgan fingerprint density at radius 1 is 1.45 bits per heavy atom. The number of unbranched alkanes of at least 4 members (excludes halogenated alkanes) is 1. The molecule has 11 heavy (non-hydrogen) atoms. The Morgan fingerprint density at radius 2 is 2.09 bits per heavy atom. The molecule has 0 saturated heterocycles. The van der Waals surface area contributed by atoms with E-state index in [9.17, 15) is 4.79 Å². The molecule has 0 atom stereocenters. The topological polar surface area (TPSA) is 17.1 Å². The van der Waals surface area contributed by atoms with Crippen LogP contribution in [0.15, 0.2) is 0 Å². The van der Waals surface area contributed by atoms with Crippen molar-refractivity contribution >= 4 is 19.6 Å². The van der Waals surface area contributed by atoms with E-state index in [1.54, 1.807) is 0 Å². The first-order valence-electron chi connectivity index (χ1n) is 4.32. The maximum atomic E-state index is 11.2. The van der Waals surface area contributed by atoms with Crippen molar-refractivity contribution < 1.29 is 4.79 Å². The van der Waals surface area contributed by atoms with Crippen molar-refractivity contribution in [2.75, 3.05) is 0 Å². The number of hydrogen-bond acceptors (Lipinski definition) is 1. The summed E-state index contributed by atoms with van der Waals surface area (Å²) in [6.45, 7) is 6.38. The zero-order chi connectivity index (χ0) is 8.69. The van der Waals surface area contributed by atoms with Gasteiger partial charge in [0.15, 0.2) is 0 Å². The van der Waals surface area contributed by atoms with Crippen molar-refractivity contribution in [1.29, 1.82) is 0 Å². The van der Waals surface area contributed by atoms with Crippen LogP contribution in [-0.2, 0) is 4.79 Å². The summed E-state index contributed by atoms with van der Waals surface area (Å²) < 4.78 is 0.501. The summed E-state index contributed by atoms with van der Waals surface area (Å²) in [6, 6.07) is 0. The van der Waals surface area contributed by atoms with Gasteiger partial charge < -0.3 is 0 Å². The van der Waals surface area contributed by atoms with Crippen molar-refractivity contribution in [3.8, 4) is 0 Å². The predicted octanol–water partition coefficient (Wildman–Crippen LogP) is 2.48. The first-order chi connectivity index (χ1) is 5.16. The molecule has 0 saturated carbocycles. The third kappa shape index (κ3) is 8.09. The molecular formula is C9H18OSe. The fourth-order valence-corrected chi connectivity index (χ4v) is 3.06. The maximum absolute atomic E-state index is 11.2. The van der Waals surface area contributed by atoms with Crippen LogP contribution in [0, 0.1) is 5.92 Å². The van der Waals surface area contributed by atoms with Crippen LogP contribution in [0.3, 0.4) is 0 Å². The first-order valence-corrected chi connectivity index (χ1v) is 6.39. The number of carbonyl (C=O) groups is 1. The molecule has 0 aliphatic rings. The van der Waals surface area contributed by atoms with Gasteiger partial charge in [-0.1, -0.05) is 0 Å². The molecule has 0 unspecified atom stereocenters. The number of rotatable bonds is 6. The van der Waals surface area contributed by atoms with Gasteiger partial charge in [0.05, 0.1) is 0 Å². The minimum atomic E-state index is 0.278. The Bertz CT molecular complexity index is 110. The molecule has 0 N–H and O–H groups in total. The van der Waals surface area contributed by atoms with Crippen LogP contribution in [-0.4, -0.2) is 19.6 Å². The molecule has 0 heterocycles. The van der Waals surface area contributed by atoms with Crippen LogP contribution in [0.4, 0.5) is 0 Å². The molecule has 0 aromatic heterocycles. The van der Waals surface area contributed by atoms with Crippen LogP contribution in [0.25, 0.3) is 0 Å². The first kappa shape index (κ1) is 11.2. The Morgan fingerprint density at radius 3 is 2.55 bits per heavy atom. The standard InChI is InChI=1S/C9H18OSe/c1-4-5-6-11-9(10)7-8(2)3/h8H,4-7H2,1-3H3. The van der Waals surface area contributed by atoms with E-state index in [0.717, 1.165) is 11.7 Å². The van der Waals surface area contributed by atoms with Crippen molar-refractivity contribution in [1.82, 2.24) is 0 Å². The van der Waals surface area contributed by atoms with Gasteiger partial charge in [0.1, 0.15) is 0 Å². The van der Waals surface area contributed by atoms with Crippen molar-refractivity contribution in [2.24, 2.45) is 5.92 Å². The second kappa shape index (κ2) is 6.87. The Balaban J connectivity index is 3.23. The zero-order valence-corrected chi connectivity index (χ0v) is 9.44. The molecule has 0 aliphatic carbocycles. The molecule has 0 aromatic rings. The third-order valence-electron chi connectivity index (χ3n) is 1.34. The summed E-state index contributed by atoms with van der Waals surface area (Å²) in [4.78, 5) is 11.2. The van der Waals surface area contributed by atoms with Crippen molar-refractivity contribution in [3.05, 3.63) is 0 Å². The van der Waals surface area contributed by atoms with Crippen LogP contribution in [0.1, 0.15) is 40.0 Å². The van der Waals surface area contributed by atoms with Gasteiger partial charge in [0.2, 0.25) is 0 Å². The third-order valence-corrected chi connectivity index (χ3v) is 3.39. The molecule has 0 fully saturated rings. The summed E-state index contributed by atoms with van der Waals surface area (Å²) in [6.07, 6.45) is 3.24. The van der Waals surface area contributed by atoms with E-state index in [1.165, 1.54) is 12.8 Å². The van der Waals surface area contributed by atoms with Gasteiger partial charge in [-0.15, -0.1) is 0 Å². The summed E-state index contributed by atoms with van der Waals surface area (Å²) in [7, 11) is 0. The molecule has 0 rings (SSSR count). The molecule has 0 bridgehead atoms. The monoisotopic (exact) mass is 222 g/mol. The van der Waals surface area contributed by atoms with E-state index in [2.05, 4.69) is 20.8 Å². The van der Waals surface area contributed by atoms with Crippen molar-refractivity contribution in [2.45, 2.75) is 45.4 Å². The molecule has 0 amide bonds. The molecular weight excluding hydrogens is 203 g/mol. The van der Waals surface area contributed by atoms with Gasteiger partial charge in [0.25, 0.3) is 0 Å². The van der Waals surface area contributed by atoms with Gasteiger partial charge in [0, 0.05) is 0 Å². The van der Waals surface area contributed by atoms with Gasteiger partial charge in [-0.2, -0.15) is 0 Å². The van der Waals surface area contributed by atoms with Crippen molar-refractivity contribution in [3.63, 3.8) is 0 Å². The Hall–Kier alpha value is 0.189. The van der Waals surface area contributed by atoms with Crippen LogP contribution in [0.5, 0.6) is 0 Å². The van der Waals surface area contributed by atoms with E-state index in [4.69, 9.17) is 0 Å². The summed E-state index contributed by atoms with van der Waals surface area (Å²) in [5.74, 6) is 0.547. The molecule has 0 aliphatic heterocycles. The number of carbonyl (C=O) groups excluding carboxylic acids is 1. The van der Waals surface area contributed by atoms with Crippen LogP contribution < -0.4 is 0 Å².